The molecule has 0 saturated heterocycles. The number of hydrogen-bond acceptors (Lipinski definition) is 4. The number of sulfone groups is 1. The Bertz CT molecular complexity index is 636. The Morgan fingerprint density at radius 2 is 2.00 bits per heavy atom. The second-order valence-corrected chi connectivity index (χ2v) is 7.77. The summed E-state index contributed by atoms with van der Waals surface area (Å²) in [5, 5.41) is 0. The predicted octanol–water partition coefficient (Wildman–Crippen LogP) is 1.93. The van der Waals surface area contributed by atoms with Crippen molar-refractivity contribution in [3.8, 4) is 0 Å². The largest absolute Gasteiger partial charge is 0.399 e. The van der Waals surface area contributed by atoms with Crippen molar-refractivity contribution in [2.75, 3.05) is 25.1 Å². The summed E-state index contributed by atoms with van der Waals surface area (Å²) in [6, 6.07) is 4.35. The molecule has 6 heteroatoms. The maximum atomic E-state index is 12.6. The van der Waals surface area contributed by atoms with Gasteiger partial charge in [0, 0.05) is 30.6 Å². The maximum Gasteiger partial charge on any atom is 0.253 e. The van der Waals surface area contributed by atoms with Gasteiger partial charge in [0.25, 0.3) is 5.91 Å². The third-order valence-electron chi connectivity index (χ3n) is 3.56. The molecule has 1 fully saturated rings. The average Bonchev–Trinajstić information content (AvgIpc) is 3.19. The Balaban J connectivity index is 2.29. The molecule has 2 N–H and O–H groups in total. The smallest absolute Gasteiger partial charge is 0.253 e. The quantitative estimate of drug-likeness (QED) is 0.814. The lowest BCUT2D eigenvalue weighted by molar-refractivity contribution is 0.0747. The van der Waals surface area contributed by atoms with Gasteiger partial charge in [-0.1, -0.05) is 6.92 Å². The monoisotopic (exact) mass is 310 g/mol. The van der Waals surface area contributed by atoms with E-state index in [1.807, 2.05) is 6.92 Å². The highest BCUT2D eigenvalue weighted by atomic mass is 32.2. The SMILES string of the molecule is CCCN(CC1CC1)C(=O)c1cc(N)cc(S(C)(=O)=O)c1. The van der Waals surface area contributed by atoms with Gasteiger partial charge in [-0.2, -0.15) is 0 Å². The molecule has 0 aromatic heterocycles. The number of anilines is 1. The highest BCUT2D eigenvalue weighted by Crippen LogP contribution is 2.30. The molecule has 0 aliphatic heterocycles. The molecule has 1 aliphatic carbocycles. The molecular formula is C15H22N2O3S. The first-order chi connectivity index (χ1) is 9.81. The summed E-state index contributed by atoms with van der Waals surface area (Å²) in [6.45, 7) is 3.45. The first kappa shape index (κ1) is 15.8. The van der Waals surface area contributed by atoms with Gasteiger partial charge in [-0.25, -0.2) is 8.42 Å². The van der Waals surface area contributed by atoms with E-state index in [0.29, 0.717) is 23.7 Å². The van der Waals surface area contributed by atoms with Crippen LogP contribution in [0.25, 0.3) is 0 Å². The number of carbonyl (C=O) groups is 1. The average molecular weight is 310 g/mol. The van der Waals surface area contributed by atoms with Crippen molar-refractivity contribution in [2.24, 2.45) is 5.92 Å². The van der Waals surface area contributed by atoms with Crippen LogP contribution in [-0.4, -0.2) is 38.6 Å². The summed E-state index contributed by atoms with van der Waals surface area (Å²) in [5.41, 5.74) is 6.39. The fourth-order valence-electron chi connectivity index (χ4n) is 2.30. The van der Waals surface area contributed by atoms with Gasteiger partial charge in [-0.3, -0.25) is 4.79 Å². The van der Waals surface area contributed by atoms with E-state index in [1.54, 1.807) is 11.0 Å². The fraction of sp³-hybridized carbons (Fsp3) is 0.533. The summed E-state index contributed by atoms with van der Waals surface area (Å²) in [7, 11) is -3.38. The van der Waals surface area contributed by atoms with Gasteiger partial charge in [0.05, 0.1) is 4.90 Å². The zero-order valence-electron chi connectivity index (χ0n) is 12.5. The first-order valence-electron chi connectivity index (χ1n) is 7.21. The van der Waals surface area contributed by atoms with Crippen LogP contribution in [-0.2, 0) is 9.84 Å². The number of benzene rings is 1. The Kier molecular flexibility index (Phi) is 4.56. The fourth-order valence-corrected chi connectivity index (χ4v) is 2.99. The van der Waals surface area contributed by atoms with Crippen molar-refractivity contribution in [1.82, 2.24) is 4.90 Å². The van der Waals surface area contributed by atoms with Gasteiger partial charge in [-0.15, -0.1) is 0 Å². The molecule has 0 spiro atoms. The van der Waals surface area contributed by atoms with E-state index in [2.05, 4.69) is 0 Å². The molecule has 1 aromatic carbocycles. The lowest BCUT2D eigenvalue weighted by Gasteiger charge is -2.22. The van der Waals surface area contributed by atoms with E-state index in [1.165, 1.54) is 25.0 Å². The zero-order chi connectivity index (χ0) is 15.6. The Morgan fingerprint density at radius 1 is 1.33 bits per heavy atom. The molecule has 116 valence electrons. The molecule has 1 aromatic rings. The first-order valence-corrected chi connectivity index (χ1v) is 9.10. The molecule has 0 atom stereocenters. The second kappa shape index (κ2) is 6.05. The Labute approximate surface area is 126 Å². The number of nitrogens with zero attached hydrogens (tertiary/aromatic N) is 1. The highest BCUT2D eigenvalue weighted by molar-refractivity contribution is 7.90. The third kappa shape index (κ3) is 4.20. The summed E-state index contributed by atoms with van der Waals surface area (Å²) < 4.78 is 23.3. The standard InChI is InChI=1S/C15H22N2O3S/c1-3-6-17(10-11-4-5-11)15(18)12-7-13(16)9-14(8-12)21(2,19)20/h7-9,11H,3-6,10,16H2,1-2H3. The van der Waals surface area contributed by atoms with Crippen molar-refractivity contribution in [3.63, 3.8) is 0 Å². The molecule has 21 heavy (non-hydrogen) atoms. The lowest BCUT2D eigenvalue weighted by atomic mass is 10.1. The Morgan fingerprint density at radius 3 is 2.52 bits per heavy atom. The van der Waals surface area contributed by atoms with E-state index in [0.717, 1.165) is 19.2 Å². The molecular weight excluding hydrogens is 288 g/mol. The van der Waals surface area contributed by atoms with E-state index in [-0.39, 0.29) is 10.8 Å². The van der Waals surface area contributed by atoms with Crippen molar-refractivity contribution in [1.29, 1.82) is 0 Å². The van der Waals surface area contributed by atoms with Crippen molar-refractivity contribution < 1.29 is 13.2 Å². The van der Waals surface area contributed by atoms with Crippen LogP contribution in [0.4, 0.5) is 5.69 Å². The topological polar surface area (TPSA) is 80.5 Å². The maximum absolute atomic E-state index is 12.6. The van der Waals surface area contributed by atoms with Crippen LogP contribution >= 0.6 is 0 Å². The van der Waals surface area contributed by atoms with Crippen LogP contribution in [0.5, 0.6) is 0 Å². The number of hydrogen-bond donors (Lipinski definition) is 1. The second-order valence-electron chi connectivity index (χ2n) is 5.76. The van der Waals surface area contributed by atoms with E-state index in [9.17, 15) is 13.2 Å². The molecule has 0 heterocycles. The molecule has 0 unspecified atom stereocenters. The minimum atomic E-state index is -3.38. The number of rotatable bonds is 6. The van der Waals surface area contributed by atoms with Crippen LogP contribution in [0.15, 0.2) is 23.1 Å². The third-order valence-corrected chi connectivity index (χ3v) is 4.65. The molecule has 0 radical (unpaired) electrons. The van der Waals surface area contributed by atoms with Gasteiger partial charge in [0.15, 0.2) is 9.84 Å². The summed E-state index contributed by atoms with van der Waals surface area (Å²) in [6.07, 6.45) is 4.32. The van der Waals surface area contributed by atoms with Gasteiger partial charge >= 0.3 is 0 Å². The number of carbonyl (C=O) groups excluding carboxylic acids is 1. The zero-order valence-corrected chi connectivity index (χ0v) is 13.3. The van der Waals surface area contributed by atoms with Crippen molar-refractivity contribution in [3.05, 3.63) is 23.8 Å². The number of amides is 1. The molecule has 0 bridgehead atoms. The summed E-state index contributed by atoms with van der Waals surface area (Å²) >= 11 is 0. The van der Waals surface area contributed by atoms with Gasteiger partial charge < -0.3 is 10.6 Å². The van der Waals surface area contributed by atoms with Crippen LogP contribution in [0, 0.1) is 5.92 Å². The highest BCUT2D eigenvalue weighted by Gasteiger charge is 2.27. The molecule has 2 rings (SSSR count). The van der Waals surface area contributed by atoms with E-state index in [4.69, 9.17) is 5.73 Å². The normalized spacial score (nSPS) is 15.0. The minimum Gasteiger partial charge on any atom is -0.399 e. The van der Waals surface area contributed by atoms with Crippen molar-refractivity contribution in [2.45, 2.75) is 31.1 Å². The summed E-state index contributed by atoms with van der Waals surface area (Å²) in [4.78, 5) is 14.5. The molecule has 1 saturated carbocycles. The van der Waals surface area contributed by atoms with Crippen molar-refractivity contribution >= 4 is 21.4 Å². The predicted molar refractivity (Wildman–Crippen MR) is 82.9 cm³/mol. The van der Waals surface area contributed by atoms with Crippen LogP contribution in [0.2, 0.25) is 0 Å². The molecule has 5 nitrogen and oxygen atoms in total. The number of nitrogens with two attached hydrogens (primary N) is 1. The molecule has 1 aliphatic rings. The van der Waals surface area contributed by atoms with Gasteiger partial charge in [0.2, 0.25) is 0 Å². The van der Waals surface area contributed by atoms with Gasteiger partial charge in [-0.05, 0) is 43.4 Å². The van der Waals surface area contributed by atoms with Crippen LogP contribution in [0.1, 0.15) is 36.5 Å². The van der Waals surface area contributed by atoms with Crippen LogP contribution < -0.4 is 5.73 Å². The Hall–Kier alpha value is -1.56. The van der Waals surface area contributed by atoms with E-state index >= 15 is 0 Å². The van der Waals surface area contributed by atoms with Crippen LogP contribution in [0.3, 0.4) is 0 Å². The molecule has 1 amide bonds. The summed E-state index contributed by atoms with van der Waals surface area (Å²) in [5.74, 6) is 0.455. The van der Waals surface area contributed by atoms with E-state index < -0.39 is 9.84 Å². The lowest BCUT2D eigenvalue weighted by Crippen LogP contribution is -2.33. The number of nitrogen functional groups attached to an aromatic ring is 1. The van der Waals surface area contributed by atoms with Gasteiger partial charge in [0.1, 0.15) is 0 Å². The minimum absolute atomic E-state index is 0.0914.